The van der Waals surface area contributed by atoms with Gasteiger partial charge in [0, 0.05) is 18.0 Å². The van der Waals surface area contributed by atoms with Crippen molar-refractivity contribution < 1.29 is 5.11 Å². The third-order valence-electron chi connectivity index (χ3n) is 4.76. The zero-order chi connectivity index (χ0) is 12.4. The summed E-state index contributed by atoms with van der Waals surface area (Å²) in [6, 6.07) is 11.3. The lowest BCUT2D eigenvalue weighted by molar-refractivity contribution is 0.0476. The molecule has 2 heteroatoms. The first-order valence-electron chi connectivity index (χ1n) is 7.23. The number of aliphatic hydroxyl groups is 1. The van der Waals surface area contributed by atoms with Gasteiger partial charge in [0.05, 0.1) is 6.61 Å². The standard InChI is InChI=1S/C16H23NO/c18-13-16(9-10-16)15-8-4-5-11-17(15)12-14-6-2-1-3-7-14/h1-3,6-7,15,18H,4-5,8-13H2. The van der Waals surface area contributed by atoms with Gasteiger partial charge in [0.15, 0.2) is 0 Å². The minimum Gasteiger partial charge on any atom is -0.396 e. The van der Waals surface area contributed by atoms with E-state index in [1.54, 1.807) is 0 Å². The number of hydrogen-bond donors (Lipinski definition) is 1. The van der Waals surface area contributed by atoms with Crippen LogP contribution < -0.4 is 0 Å². The fourth-order valence-corrected chi connectivity index (χ4v) is 3.45. The van der Waals surface area contributed by atoms with E-state index in [1.165, 1.54) is 44.2 Å². The molecule has 2 aliphatic rings. The van der Waals surface area contributed by atoms with Gasteiger partial charge < -0.3 is 5.11 Å². The second kappa shape index (κ2) is 5.02. The van der Waals surface area contributed by atoms with E-state index in [2.05, 4.69) is 35.2 Å². The highest BCUT2D eigenvalue weighted by Crippen LogP contribution is 2.52. The van der Waals surface area contributed by atoms with Gasteiger partial charge in [0.1, 0.15) is 0 Å². The summed E-state index contributed by atoms with van der Waals surface area (Å²) in [5.74, 6) is 0. The smallest absolute Gasteiger partial charge is 0.0502 e. The number of benzene rings is 1. The Morgan fingerprint density at radius 2 is 1.94 bits per heavy atom. The average molecular weight is 245 g/mol. The van der Waals surface area contributed by atoms with Crippen molar-refractivity contribution in [1.82, 2.24) is 4.90 Å². The van der Waals surface area contributed by atoms with Gasteiger partial charge in [-0.25, -0.2) is 0 Å². The van der Waals surface area contributed by atoms with Gasteiger partial charge in [-0.2, -0.15) is 0 Å². The molecule has 18 heavy (non-hydrogen) atoms. The van der Waals surface area contributed by atoms with Crippen LogP contribution in [-0.4, -0.2) is 29.2 Å². The van der Waals surface area contributed by atoms with Crippen molar-refractivity contribution in [3.8, 4) is 0 Å². The minimum absolute atomic E-state index is 0.245. The number of nitrogens with zero attached hydrogens (tertiary/aromatic N) is 1. The van der Waals surface area contributed by atoms with Crippen LogP contribution >= 0.6 is 0 Å². The summed E-state index contributed by atoms with van der Waals surface area (Å²) in [5.41, 5.74) is 1.65. The fraction of sp³-hybridized carbons (Fsp3) is 0.625. The molecule has 1 aromatic carbocycles. The molecule has 1 aliphatic carbocycles. The molecular formula is C16H23NO. The summed E-state index contributed by atoms with van der Waals surface area (Å²) in [6.45, 7) is 2.62. The molecule has 2 fully saturated rings. The molecule has 1 aromatic rings. The normalized spacial score (nSPS) is 27.1. The zero-order valence-corrected chi connectivity index (χ0v) is 11.0. The molecule has 0 bridgehead atoms. The maximum Gasteiger partial charge on any atom is 0.0502 e. The first kappa shape index (κ1) is 12.2. The van der Waals surface area contributed by atoms with Crippen LogP contribution in [0, 0.1) is 5.41 Å². The molecule has 0 radical (unpaired) electrons. The molecule has 3 rings (SSSR count). The number of piperidine rings is 1. The third-order valence-corrected chi connectivity index (χ3v) is 4.76. The molecule has 98 valence electrons. The first-order valence-corrected chi connectivity index (χ1v) is 7.23. The molecule has 1 saturated heterocycles. The van der Waals surface area contributed by atoms with E-state index in [0.717, 1.165) is 6.54 Å². The van der Waals surface area contributed by atoms with Crippen LogP contribution in [-0.2, 0) is 6.54 Å². The average Bonchev–Trinajstić information content (AvgIpc) is 3.22. The van der Waals surface area contributed by atoms with Crippen LogP contribution in [0.4, 0.5) is 0 Å². The Kier molecular flexibility index (Phi) is 3.40. The summed E-state index contributed by atoms with van der Waals surface area (Å²) >= 11 is 0. The first-order chi connectivity index (χ1) is 8.84. The van der Waals surface area contributed by atoms with Crippen LogP contribution in [0.15, 0.2) is 30.3 Å². The fourth-order valence-electron chi connectivity index (χ4n) is 3.45. The van der Waals surface area contributed by atoms with Crippen LogP contribution in [0.25, 0.3) is 0 Å². The van der Waals surface area contributed by atoms with E-state index in [0.29, 0.717) is 12.6 Å². The summed E-state index contributed by atoms with van der Waals surface area (Å²) in [6.07, 6.45) is 6.36. The molecule has 0 amide bonds. The topological polar surface area (TPSA) is 23.5 Å². The zero-order valence-electron chi connectivity index (χ0n) is 11.0. The molecule has 2 nitrogen and oxygen atoms in total. The Hall–Kier alpha value is -0.860. The van der Waals surface area contributed by atoms with Crippen LogP contribution in [0.3, 0.4) is 0 Å². The summed E-state index contributed by atoms with van der Waals surface area (Å²) < 4.78 is 0. The maximum absolute atomic E-state index is 9.67. The lowest BCUT2D eigenvalue weighted by atomic mass is 9.87. The molecule has 0 aromatic heterocycles. The Morgan fingerprint density at radius 1 is 1.17 bits per heavy atom. The van der Waals surface area contributed by atoms with E-state index < -0.39 is 0 Å². The third kappa shape index (κ3) is 2.32. The van der Waals surface area contributed by atoms with Crippen molar-refractivity contribution in [3.05, 3.63) is 35.9 Å². The van der Waals surface area contributed by atoms with Gasteiger partial charge in [0.2, 0.25) is 0 Å². The quantitative estimate of drug-likeness (QED) is 0.881. The lowest BCUT2D eigenvalue weighted by Crippen LogP contribution is -2.45. The number of hydrogen-bond acceptors (Lipinski definition) is 2. The van der Waals surface area contributed by atoms with Crippen molar-refractivity contribution in [2.75, 3.05) is 13.2 Å². The van der Waals surface area contributed by atoms with E-state index in [-0.39, 0.29) is 5.41 Å². The number of aliphatic hydroxyl groups excluding tert-OH is 1. The molecule has 1 heterocycles. The van der Waals surface area contributed by atoms with Gasteiger partial charge in [-0.15, -0.1) is 0 Å². The molecule has 1 atom stereocenters. The minimum atomic E-state index is 0.245. The molecular weight excluding hydrogens is 222 g/mol. The predicted octanol–water partition coefficient (Wildman–Crippen LogP) is 2.81. The SMILES string of the molecule is OCC1(C2CCCCN2Cc2ccccc2)CC1. The lowest BCUT2D eigenvalue weighted by Gasteiger charge is -2.40. The summed E-state index contributed by atoms with van der Waals surface area (Å²) in [4.78, 5) is 2.61. The largest absolute Gasteiger partial charge is 0.396 e. The second-order valence-corrected chi connectivity index (χ2v) is 5.99. The second-order valence-electron chi connectivity index (χ2n) is 5.99. The number of rotatable bonds is 4. The predicted molar refractivity (Wildman–Crippen MR) is 73.2 cm³/mol. The Labute approximate surface area is 110 Å². The van der Waals surface area contributed by atoms with Crippen molar-refractivity contribution in [2.45, 2.75) is 44.7 Å². The van der Waals surface area contributed by atoms with Crippen LogP contribution in [0.1, 0.15) is 37.7 Å². The van der Waals surface area contributed by atoms with Crippen LogP contribution in [0.2, 0.25) is 0 Å². The molecule has 1 saturated carbocycles. The number of likely N-dealkylation sites (tertiary alicyclic amines) is 1. The van der Waals surface area contributed by atoms with E-state index in [4.69, 9.17) is 0 Å². The molecule has 1 aliphatic heterocycles. The Bertz CT molecular complexity index is 385. The highest BCUT2D eigenvalue weighted by atomic mass is 16.3. The molecule has 1 N–H and O–H groups in total. The van der Waals surface area contributed by atoms with E-state index >= 15 is 0 Å². The van der Waals surface area contributed by atoms with E-state index in [9.17, 15) is 5.11 Å². The highest BCUT2D eigenvalue weighted by Gasteiger charge is 2.51. The van der Waals surface area contributed by atoms with Crippen molar-refractivity contribution >= 4 is 0 Å². The van der Waals surface area contributed by atoms with Gasteiger partial charge >= 0.3 is 0 Å². The van der Waals surface area contributed by atoms with Crippen molar-refractivity contribution in [1.29, 1.82) is 0 Å². The molecule has 1 unspecified atom stereocenters. The monoisotopic (exact) mass is 245 g/mol. The van der Waals surface area contributed by atoms with Gasteiger partial charge in [-0.05, 0) is 37.8 Å². The highest BCUT2D eigenvalue weighted by molar-refractivity contribution is 5.15. The van der Waals surface area contributed by atoms with Gasteiger partial charge in [-0.1, -0.05) is 36.8 Å². The van der Waals surface area contributed by atoms with Gasteiger partial charge in [0.25, 0.3) is 0 Å². The Balaban J connectivity index is 1.72. The van der Waals surface area contributed by atoms with Crippen LogP contribution in [0.5, 0.6) is 0 Å². The van der Waals surface area contributed by atoms with Crippen molar-refractivity contribution in [2.24, 2.45) is 5.41 Å². The maximum atomic E-state index is 9.67. The summed E-state index contributed by atoms with van der Waals surface area (Å²) in [5, 5.41) is 9.67. The Morgan fingerprint density at radius 3 is 2.61 bits per heavy atom. The van der Waals surface area contributed by atoms with Crippen molar-refractivity contribution in [3.63, 3.8) is 0 Å². The molecule has 0 spiro atoms. The van der Waals surface area contributed by atoms with E-state index in [1.807, 2.05) is 0 Å². The van der Waals surface area contributed by atoms with Gasteiger partial charge in [-0.3, -0.25) is 4.90 Å². The summed E-state index contributed by atoms with van der Waals surface area (Å²) in [7, 11) is 0.